The molecule has 1 aliphatic heterocycles. The van der Waals surface area contributed by atoms with Gasteiger partial charge in [-0.15, -0.1) is 5.10 Å². The number of amides is 2. The van der Waals surface area contributed by atoms with Crippen LogP contribution in [0.2, 0.25) is 0 Å². The van der Waals surface area contributed by atoms with Crippen molar-refractivity contribution in [3.8, 4) is 11.4 Å². The first kappa shape index (κ1) is 27.6. The first-order valence-corrected chi connectivity index (χ1v) is 15.0. The zero-order valence-corrected chi connectivity index (χ0v) is 24.6. The summed E-state index contributed by atoms with van der Waals surface area (Å²) in [4.78, 5) is 47.6. The summed E-state index contributed by atoms with van der Waals surface area (Å²) in [6.45, 7) is 0.370. The van der Waals surface area contributed by atoms with Gasteiger partial charge in [0.25, 0.3) is 5.91 Å². The van der Waals surface area contributed by atoms with Crippen LogP contribution in [0.5, 0.6) is 0 Å². The van der Waals surface area contributed by atoms with E-state index in [0.29, 0.717) is 53.3 Å². The van der Waals surface area contributed by atoms with E-state index in [0.717, 1.165) is 24.4 Å². The van der Waals surface area contributed by atoms with E-state index in [1.807, 2.05) is 18.3 Å². The summed E-state index contributed by atoms with van der Waals surface area (Å²) in [6.07, 6.45) is 14.4. The lowest BCUT2D eigenvalue weighted by atomic mass is 9.79. The van der Waals surface area contributed by atoms with E-state index in [4.69, 9.17) is 5.73 Å². The number of hydrogen-bond acceptors (Lipinski definition) is 10. The molecule has 1 aliphatic carbocycles. The molecule has 2 amide bonds. The summed E-state index contributed by atoms with van der Waals surface area (Å²) >= 11 is 0. The first-order valence-electron chi connectivity index (χ1n) is 15.0. The Morgan fingerprint density at radius 1 is 1.04 bits per heavy atom. The number of nitrogens with one attached hydrogen (secondary N) is 2. The predicted octanol–water partition coefficient (Wildman–Crippen LogP) is 1.93. The Hall–Kier alpha value is -5.99. The SMILES string of the molecule is Nc1ncnc2c1ncn2Cc1cn(-c2cncc(C(=O)NC3CC(C(=O)NC4CCc5ccccc5-n5ccnc54)C3)c2)nn1. The number of fused-ring (bicyclic) bond motifs is 4. The van der Waals surface area contributed by atoms with Crippen LogP contribution in [0.25, 0.3) is 22.5 Å². The third kappa shape index (κ3) is 5.00. The molecule has 15 heteroatoms. The minimum Gasteiger partial charge on any atom is -0.382 e. The Labute approximate surface area is 261 Å². The number of carbonyl (C=O) groups is 2. The molecule has 6 aromatic rings. The summed E-state index contributed by atoms with van der Waals surface area (Å²) in [5.74, 6) is 0.701. The summed E-state index contributed by atoms with van der Waals surface area (Å²) in [7, 11) is 0. The van der Waals surface area contributed by atoms with Crippen LogP contribution in [0.3, 0.4) is 0 Å². The van der Waals surface area contributed by atoms with Crippen LogP contribution < -0.4 is 16.4 Å². The Bertz CT molecular complexity index is 2090. The smallest absolute Gasteiger partial charge is 0.253 e. The number of imidazole rings is 2. The van der Waals surface area contributed by atoms with E-state index in [1.165, 1.54) is 18.1 Å². The molecule has 8 rings (SSSR count). The van der Waals surface area contributed by atoms with Crippen molar-refractivity contribution >= 4 is 28.8 Å². The van der Waals surface area contributed by atoms with Gasteiger partial charge < -0.3 is 25.5 Å². The van der Waals surface area contributed by atoms with Gasteiger partial charge in [-0.2, -0.15) is 0 Å². The molecule has 1 unspecified atom stereocenters. The lowest BCUT2D eigenvalue weighted by molar-refractivity contribution is -0.129. The van der Waals surface area contributed by atoms with Crippen molar-refractivity contribution in [1.82, 2.24) is 59.7 Å². The maximum Gasteiger partial charge on any atom is 0.253 e. The van der Waals surface area contributed by atoms with Crippen LogP contribution >= 0.6 is 0 Å². The molecule has 1 aromatic carbocycles. The minimum atomic E-state index is -0.260. The highest BCUT2D eigenvalue weighted by molar-refractivity contribution is 5.94. The van der Waals surface area contributed by atoms with E-state index in [9.17, 15) is 9.59 Å². The molecule has 1 fully saturated rings. The third-order valence-electron chi connectivity index (χ3n) is 8.65. The van der Waals surface area contributed by atoms with Crippen LogP contribution in [0.15, 0.2) is 74.0 Å². The van der Waals surface area contributed by atoms with Gasteiger partial charge in [0.1, 0.15) is 23.4 Å². The third-order valence-corrected chi connectivity index (χ3v) is 8.65. The van der Waals surface area contributed by atoms with E-state index < -0.39 is 0 Å². The van der Waals surface area contributed by atoms with Crippen LogP contribution in [0, 0.1) is 5.92 Å². The van der Waals surface area contributed by atoms with Crippen molar-refractivity contribution in [3.05, 3.63) is 96.6 Å². The number of aryl methyl sites for hydroxylation is 1. The molecular formula is C31H29N13O2. The van der Waals surface area contributed by atoms with E-state index >= 15 is 0 Å². The lowest BCUT2D eigenvalue weighted by Crippen LogP contribution is -2.50. The van der Waals surface area contributed by atoms with Crippen molar-refractivity contribution in [2.24, 2.45) is 5.92 Å². The largest absolute Gasteiger partial charge is 0.382 e. The first-order chi connectivity index (χ1) is 22.5. The number of benzene rings is 1. The molecule has 0 bridgehead atoms. The van der Waals surface area contributed by atoms with Gasteiger partial charge >= 0.3 is 0 Å². The highest BCUT2D eigenvalue weighted by Gasteiger charge is 2.37. The van der Waals surface area contributed by atoms with Crippen molar-refractivity contribution in [3.63, 3.8) is 0 Å². The van der Waals surface area contributed by atoms with Crippen molar-refractivity contribution in [1.29, 1.82) is 0 Å². The van der Waals surface area contributed by atoms with Crippen LogP contribution in [-0.4, -0.2) is 66.9 Å². The number of para-hydroxylation sites is 1. The minimum absolute atomic E-state index is 0.0127. The maximum atomic E-state index is 13.2. The Morgan fingerprint density at radius 3 is 2.85 bits per heavy atom. The molecule has 0 radical (unpaired) electrons. The Kier molecular flexibility index (Phi) is 6.69. The Balaban J connectivity index is 0.872. The quantitative estimate of drug-likeness (QED) is 0.239. The fourth-order valence-electron chi connectivity index (χ4n) is 6.17. The van der Waals surface area contributed by atoms with Gasteiger partial charge in [0.05, 0.1) is 42.6 Å². The molecule has 0 spiro atoms. The molecule has 5 aromatic heterocycles. The molecule has 1 saturated carbocycles. The highest BCUT2D eigenvalue weighted by Crippen LogP contribution is 2.32. The average Bonchev–Trinajstić information content (AvgIpc) is 3.81. The lowest BCUT2D eigenvalue weighted by Gasteiger charge is -2.35. The maximum absolute atomic E-state index is 13.2. The van der Waals surface area contributed by atoms with E-state index in [1.54, 1.807) is 40.2 Å². The molecule has 2 aliphatic rings. The number of carbonyl (C=O) groups excluding carboxylic acids is 2. The summed E-state index contributed by atoms with van der Waals surface area (Å²) in [5, 5.41) is 14.7. The van der Waals surface area contributed by atoms with Gasteiger partial charge in [-0.25, -0.2) is 24.6 Å². The molecule has 1 atom stereocenters. The molecule has 4 N–H and O–H groups in total. The molecule has 15 nitrogen and oxygen atoms in total. The number of nitrogens with zero attached hydrogens (tertiary/aromatic N) is 10. The summed E-state index contributed by atoms with van der Waals surface area (Å²) in [6, 6.07) is 9.67. The van der Waals surface area contributed by atoms with E-state index in [-0.39, 0.29) is 29.8 Å². The number of rotatable bonds is 7. The van der Waals surface area contributed by atoms with Crippen molar-refractivity contribution in [2.45, 2.75) is 44.3 Å². The zero-order chi connectivity index (χ0) is 31.2. The monoisotopic (exact) mass is 615 g/mol. The average molecular weight is 616 g/mol. The van der Waals surface area contributed by atoms with E-state index in [2.05, 4.69) is 62.6 Å². The standard InChI is InChI=1S/C31H29N13O2/c32-27-26-29(36-16-35-27)42(17-37-26)14-22-15-44(41-40-22)23-11-20(12-33-13-23)31(46)38-21-9-19(10-21)30(45)39-24-6-5-18-3-1-2-4-25(18)43-8-7-34-28(24)43/h1-4,7-8,11-13,15-17,19,21,24H,5-6,9-10,14H2,(H,38,46)(H,39,45)(H2,32,35,36). The van der Waals surface area contributed by atoms with Crippen LogP contribution in [0.1, 0.15) is 52.7 Å². The topological polar surface area (TPSA) is 189 Å². The van der Waals surface area contributed by atoms with Gasteiger partial charge in [0, 0.05) is 36.2 Å². The van der Waals surface area contributed by atoms with Crippen molar-refractivity contribution < 1.29 is 9.59 Å². The second-order valence-corrected chi connectivity index (χ2v) is 11.6. The van der Waals surface area contributed by atoms with Gasteiger partial charge in [-0.1, -0.05) is 23.4 Å². The predicted molar refractivity (Wildman–Crippen MR) is 165 cm³/mol. The normalized spacial score (nSPS) is 18.7. The highest BCUT2D eigenvalue weighted by atomic mass is 16.2. The Morgan fingerprint density at radius 2 is 1.93 bits per heavy atom. The van der Waals surface area contributed by atoms with Gasteiger partial charge in [0.15, 0.2) is 11.5 Å². The number of aromatic nitrogens is 10. The summed E-state index contributed by atoms with van der Waals surface area (Å²) < 4.78 is 5.43. The van der Waals surface area contributed by atoms with Gasteiger partial charge in [-0.3, -0.25) is 14.6 Å². The number of pyridine rings is 1. The number of nitrogen functional groups attached to an aromatic ring is 1. The molecule has 0 saturated heterocycles. The molecule has 6 heterocycles. The number of anilines is 1. The molecule has 230 valence electrons. The summed E-state index contributed by atoms with van der Waals surface area (Å²) in [5.41, 5.74) is 11.0. The second kappa shape index (κ2) is 11.2. The fraction of sp³-hybridized carbons (Fsp3) is 0.258. The second-order valence-electron chi connectivity index (χ2n) is 11.6. The zero-order valence-electron chi connectivity index (χ0n) is 24.6. The van der Waals surface area contributed by atoms with Gasteiger partial charge in [-0.05, 0) is 43.4 Å². The van der Waals surface area contributed by atoms with Gasteiger partial charge in [0.2, 0.25) is 5.91 Å². The molecular weight excluding hydrogens is 586 g/mol. The van der Waals surface area contributed by atoms with Crippen LogP contribution in [-0.2, 0) is 17.8 Å². The van der Waals surface area contributed by atoms with Crippen LogP contribution in [0.4, 0.5) is 5.82 Å². The fourth-order valence-corrected chi connectivity index (χ4v) is 6.17. The number of nitrogens with two attached hydrogens (primary N) is 1. The van der Waals surface area contributed by atoms with Crippen molar-refractivity contribution in [2.75, 3.05) is 5.73 Å². The number of hydrogen-bond donors (Lipinski definition) is 3. The molecule has 46 heavy (non-hydrogen) atoms.